The maximum absolute atomic E-state index is 13.7. The average Bonchev–Trinajstić information content (AvgIpc) is 3.59. The Kier molecular flexibility index (Phi) is 12.0. The van der Waals surface area contributed by atoms with Gasteiger partial charge in [-0.2, -0.15) is 0 Å². The van der Waals surface area contributed by atoms with Crippen molar-refractivity contribution in [3.8, 4) is 5.69 Å². The van der Waals surface area contributed by atoms with Crippen LogP contribution >= 0.6 is 27.9 Å². The van der Waals surface area contributed by atoms with E-state index in [1.807, 2.05) is 70.5 Å². The number of β-amino-alcohol motifs (C(OH)–C–C–N with tert-alkyl or cyclic N) is 1. The molecule has 0 bridgehead atoms. The quantitative estimate of drug-likeness (QED) is 0.136. The van der Waals surface area contributed by atoms with Crippen molar-refractivity contribution in [3.63, 3.8) is 0 Å². The molecule has 1 aliphatic rings. The summed E-state index contributed by atoms with van der Waals surface area (Å²) in [6.07, 6.45) is 4.49. The predicted molar refractivity (Wildman–Crippen MR) is 167 cm³/mol. The van der Waals surface area contributed by atoms with Gasteiger partial charge in [0.25, 0.3) is 5.91 Å². The van der Waals surface area contributed by atoms with Crippen LogP contribution in [0.25, 0.3) is 5.69 Å². The maximum Gasteiger partial charge on any atom is 0.253 e. The highest BCUT2D eigenvalue weighted by Crippen LogP contribution is 2.28. The Labute approximate surface area is 259 Å². The number of hydroxylamine groups is 1. The molecule has 1 aromatic carbocycles. The van der Waals surface area contributed by atoms with Gasteiger partial charge in [0, 0.05) is 42.4 Å². The van der Waals surface area contributed by atoms with E-state index in [1.54, 1.807) is 17.6 Å². The van der Waals surface area contributed by atoms with Crippen molar-refractivity contribution in [1.82, 2.24) is 24.5 Å². The molecule has 0 spiro atoms. The van der Waals surface area contributed by atoms with Crippen LogP contribution in [0.2, 0.25) is 0 Å². The third-order valence-electron chi connectivity index (χ3n) is 6.49. The number of carbonyl (C=O) groups excluding carboxylic acids is 3. The minimum atomic E-state index is -0.956. The third kappa shape index (κ3) is 9.03. The van der Waals surface area contributed by atoms with Crippen LogP contribution in [0.1, 0.15) is 48.0 Å². The monoisotopic (exact) mass is 665 g/mol. The molecule has 1 aliphatic heterocycles. The molecule has 1 saturated heterocycles. The Morgan fingerprint density at radius 2 is 2.07 bits per heavy atom. The Morgan fingerprint density at radius 3 is 2.67 bits per heavy atom. The zero-order chi connectivity index (χ0) is 31.0. The minimum absolute atomic E-state index is 0.00577. The molecule has 12 nitrogen and oxygen atoms in total. The highest BCUT2D eigenvalue weighted by Gasteiger charge is 2.44. The van der Waals surface area contributed by atoms with Crippen molar-refractivity contribution in [2.75, 3.05) is 24.8 Å². The van der Waals surface area contributed by atoms with Gasteiger partial charge in [0.2, 0.25) is 11.8 Å². The SMILES string of the molecule is CCN(OCC(=O)N[C@H](C(=O)N1C[C@H](O)C[C@H]1C(=O)NS/C=N\C(C)C)C(C)(C)C)c1ccc(-n2ccnc2)c(Br)c1. The molecule has 0 radical (unpaired) electrons. The molecule has 3 atom stereocenters. The van der Waals surface area contributed by atoms with Crippen LogP contribution in [0.3, 0.4) is 0 Å². The number of amides is 3. The van der Waals surface area contributed by atoms with E-state index >= 15 is 0 Å². The average molecular weight is 667 g/mol. The van der Waals surface area contributed by atoms with Crippen LogP contribution in [-0.4, -0.2) is 86.8 Å². The zero-order valence-electron chi connectivity index (χ0n) is 24.8. The summed E-state index contributed by atoms with van der Waals surface area (Å²) >= 11 is 4.60. The van der Waals surface area contributed by atoms with Gasteiger partial charge >= 0.3 is 0 Å². The molecule has 3 rings (SSSR count). The van der Waals surface area contributed by atoms with E-state index in [1.165, 1.54) is 10.4 Å². The van der Waals surface area contributed by atoms with Crippen molar-refractivity contribution in [3.05, 3.63) is 41.4 Å². The van der Waals surface area contributed by atoms with E-state index < -0.39 is 41.3 Å². The second-order valence-corrected chi connectivity index (χ2v) is 12.8. The first-order valence-corrected chi connectivity index (χ1v) is 15.4. The summed E-state index contributed by atoms with van der Waals surface area (Å²) in [7, 11) is 0. The molecule has 0 aliphatic carbocycles. The minimum Gasteiger partial charge on any atom is -0.391 e. The molecular formula is C28H40BrN7O5S. The van der Waals surface area contributed by atoms with Crippen LogP contribution in [-0.2, 0) is 19.2 Å². The van der Waals surface area contributed by atoms with E-state index in [0.717, 1.165) is 27.8 Å². The zero-order valence-corrected chi connectivity index (χ0v) is 27.2. The number of likely N-dealkylation sites (tertiary alicyclic amines) is 1. The number of anilines is 1. The normalized spacial score (nSPS) is 18.0. The van der Waals surface area contributed by atoms with Gasteiger partial charge in [0.15, 0.2) is 6.61 Å². The van der Waals surface area contributed by atoms with Crippen molar-refractivity contribution in [2.24, 2.45) is 10.4 Å². The van der Waals surface area contributed by atoms with E-state index in [2.05, 4.69) is 35.9 Å². The molecule has 2 aromatic rings. The van der Waals surface area contributed by atoms with Gasteiger partial charge in [0.05, 0.1) is 29.4 Å². The number of hydrogen-bond acceptors (Lipinski definition) is 9. The molecular weight excluding hydrogens is 626 g/mol. The summed E-state index contributed by atoms with van der Waals surface area (Å²) in [6, 6.07) is 3.93. The molecule has 0 saturated carbocycles. The summed E-state index contributed by atoms with van der Waals surface area (Å²) in [4.78, 5) is 55.1. The number of halogens is 1. The highest BCUT2D eigenvalue weighted by atomic mass is 79.9. The number of carbonyl (C=O) groups is 3. The summed E-state index contributed by atoms with van der Waals surface area (Å²) in [5.41, 5.74) is 2.49. The Morgan fingerprint density at radius 1 is 1.33 bits per heavy atom. The molecule has 3 N–H and O–H groups in total. The van der Waals surface area contributed by atoms with Gasteiger partial charge in [-0.1, -0.05) is 20.8 Å². The van der Waals surface area contributed by atoms with Gasteiger partial charge in [-0.15, -0.1) is 0 Å². The van der Waals surface area contributed by atoms with Crippen LogP contribution in [0.4, 0.5) is 5.69 Å². The van der Waals surface area contributed by atoms with Gasteiger partial charge < -0.3 is 19.9 Å². The lowest BCUT2D eigenvalue weighted by Crippen LogP contribution is -2.58. The van der Waals surface area contributed by atoms with Crippen LogP contribution in [0.5, 0.6) is 0 Å². The Hall–Kier alpha value is -2.94. The number of aromatic nitrogens is 2. The van der Waals surface area contributed by atoms with Crippen LogP contribution in [0, 0.1) is 5.41 Å². The smallest absolute Gasteiger partial charge is 0.253 e. The highest BCUT2D eigenvalue weighted by molar-refractivity contribution is 9.10. The maximum atomic E-state index is 13.7. The number of nitrogens with zero attached hydrogens (tertiary/aromatic N) is 5. The lowest BCUT2D eigenvalue weighted by molar-refractivity contribution is -0.144. The third-order valence-corrected chi connectivity index (χ3v) is 7.68. The molecule has 2 heterocycles. The lowest BCUT2D eigenvalue weighted by Gasteiger charge is -2.35. The summed E-state index contributed by atoms with van der Waals surface area (Å²) in [5, 5.41) is 14.7. The second kappa shape index (κ2) is 15.0. The fourth-order valence-electron chi connectivity index (χ4n) is 4.37. The van der Waals surface area contributed by atoms with Gasteiger partial charge in [-0.25, -0.2) is 4.98 Å². The Balaban J connectivity index is 1.65. The van der Waals surface area contributed by atoms with Crippen molar-refractivity contribution < 1.29 is 24.3 Å². The molecule has 0 unspecified atom stereocenters. The van der Waals surface area contributed by atoms with Crippen molar-refractivity contribution in [2.45, 2.75) is 72.2 Å². The number of nitrogens with one attached hydrogen (secondary N) is 2. The van der Waals surface area contributed by atoms with E-state index in [4.69, 9.17) is 4.84 Å². The van der Waals surface area contributed by atoms with Crippen LogP contribution < -0.4 is 15.1 Å². The fraction of sp³-hybridized carbons (Fsp3) is 0.536. The first kappa shape index (κ1) is 33.6. The number of aliphatic imine (C=N–C) groups is 1. The molecule has 1 fully saturated rings. The number of aliphatic hydroxyl groups is 1. The summed E-state index contributed by atoms with van der Waals surface area (Å²) in [5.74, 6) is -1.34. The molecule has 14 heteroatoms. The first-order valence-electron chi connectivity index (χ1n) is 13.7. The van der Waals surface area contributed by atoms with Crippen molar-refractivity contribution >= 4 is 56.8 Å². The Bertz CT molecular complexity index is 1250. The van der Waals surface area contributed by atoms with Gasteiger partial charge in [0.1, 0.15) is 12.1 Å². The van der Waals surface area contributed by atoms with E-state index in [0.29, 0.717) is 6.54 Å². The molecule has 3 amide bonds. The van der Waals surface area contributed by atoms with Gasteiger partial charge in [-0.3, -0.25) is 34.0 Å². The fourth-order valence-corrected chi connectivity index (χ4v) is 5.56. The molecule has 230 valence electrons. The lowest BCUT2D eigenvalue weighted by atomic mass is 9.85. The number of imidazole rings is 1. The largest absolute Gasteiger partial charge is 0.391 e. The number of benzene rings is 1. The summed E-state index contributed by atoms with van der Waals surface area (Å²) < 4.78 is 5.37. The predicted octanol–water partition coefficient (Wildman–Crippen LogP) is 3.09. The van der Waals surface area contributed by atoms with Crippen molar-refractivity contribution in [1.29, 1.82) is 0 Å². The number of aliphatic hydroxyl groups excluding tert-OH is 1. The standard InChI is InChI=1S/C28H40BrN7O5S/c1-7-36(19-8-9-22(21(29)12-19)34-11-10-30-16-34)41-15-24(38)32-25(28(4,5)6)27(40)35-14-20(37)13-23(35)26(39)33-42-17-31-18(2)3/h8-12,16-18,20,23,25,37H,7,13-15H2,1-6H3,(H,32,38)(H,33,39)/b31-17-/t20-,23+,25-/m1/s1. The first-order chi connectivity index (χ1) is 19.8. The molecule has 1 aromatic heterocycles. The number of hydrogen-bond donors (Lipinski definition) is 3. The molecule has 42 heavy (non-hydrogen) atoms. The summed E-state index contributed by atoms with van der Waals surface area (Å²) in [6.45, 7) is 11.3. The van der Waals surface area contributed by atoms with Gasteiger partial charge in [-0.05, 0) is 72.3 Å². The number of rotatable bonds is 12. The topological polar surface area (TPSA) is 141 Å². The van der Waals surface area contributed by atoms with Crippen LogP contribution in [0.15, 0.2) is 46.4 Å². The second-order valence-electron chi connectivity index (χ2n) is 11.3. The van der Waals surface area contributed by atoms with E-state index in [9.17, 15) is 19.5 Å². The van der Waals surface area contributed by atoms with E-state index in [-0.39, 0.29) is 25.6 Å².